The van der Waals surface area contributed by atoms with Crippen molar-refractivity contribution in [2.75, 3.05) is 30.8 Å². The van der Waals surface area contributed by atoms with E-state index in [1.807, 2.05) is 55.5 Å². The molecule has 0 saturated heterocycles. The number of hydrogen-bond donors (Lipinski definition) is 1. The molecule has 3 aromatic rings. The van der Waals surface area contributed by atoms with E-state index < -0.39 is 10.0 Å². The Balaban J connectivity index is 1.62. The van der Waals surface area contributed by atoms with Gasteiger partial charge in [-0.15, -0.1) is 0 Å². The second-order valence-electron chi connectivity index (χ2n) is 8.08. The third-order valence-electron chi connectivity index (χ3n) is 5.63. The zero-order chi connectivity index (χ0) is 24.4. The highest BCUT2D eigenvalue weighted by Crippen LogP contribution is 2.31. The standard InChI is InChI=1S/C25H24N6O3S/c1-3-31(13-12-28-35(2,32)33)17-8-9-20-22(14-17)34-23-15-21(29-24-16-26-10-11-27-24)18-6-4-5-7-19(18)25(23)30-20/h4-11,14-16,28H,3,12-13H2,1-2H3. The average Bonchev–Trinajstić information content (AvgIpc) is 2.85. The number of anilines is 1. The second kappa shape index (κ2) is 9.40. The Kier molecular flexibility index (Phi) is 6.14. The Morgan fingerprint density at radius 1 is 1.09 bits per heavy atom. The molecule has 2 aromatic carbocycles. The summed E-state index contributed by atoms with van der Waals surface area (Å²) in [4.78, 5) is 20.0. The number of hydrogen-bond acceptors (Lipinski definition) is 8. The van der Waals surface area contributed by atoms with Crippen LogP contribution in [-0.4, -0.2) is 49.3 Å². The smallest absolute Gasteiger partial charge is 0.208 e. The van der Waals surface area contributed by atoms with Crippen molar-refractivity contribution >= 4 is 43.4 Å². The van der Waals surface area contributed by atoms with Gasteiger partial charge in [0.2, 0.25) is 10.0 Å². The van der Waals surface area contributed by atoms with Crippen molar-refractivity contribution in [1.29, 1.82) is 0 Å². The number of sulfonamides is 1. The molecule has 1 aliphatic carbocycles. The van der Waals surface area contributed by atoms with Gasteiger partial charge in [-0.1, -0.05) is 24.3 Å². The lowest BCUT2D eigenvalue weighted by atomic mass is 10.0. The van der Waals surface area contributed by atoms with E-state index >= 15 is 0 Å². The first-order valence-electron chi connectivity index (χ1n) is 11.2. The van der Waals surface area contributed by atoms with Gasteiger partial charge in [0, 0.05) is 60.6 Å². The van der Waals surface area contributed by atoms with Crippen LogP contribution in [0.2, 0.25) is 0 Å². The third kappa shape index (κ3) is 4.98. The highest BCUT2D eigenvalue weighted by Gasteiger charge is 2.16. The van der Waals surface area contributed by atoms with Crippen LogP contribution >= 0.6 is 0 Å². The fourth-order valence-corrected chi connectivity index (χ4v) is 4.48. The summed E-state index contributed by atoms with van der Waals surface area (Å²) in [5.74, 6) is 1.12. The molecule has 0 saturated carbocycles. The quantitative estimate of drug-likeness (QED) is 0.276. The van der Waals surface area contributed by atoms with Crippen molar-refractivity contribution in [3.8, 4) is 11.5 Å². The predicted molar refractivity (Wildman–Crippen MR) is 136 cm³/mol. The summed E-state index contributed by atoms with van der Waals surface area (Å²) in [7, 11) is -3.24. The third-order valence-corrected chi connectivity index (χ3v) is 6.36. The summed E-state index contributed by atoms with van der Waals surface area (Å²) in [6, 6.07) is 15.6. The molecule has 9 nitrogen and oxygen atoms in total. The van der Waals surface area contributed by atoms with E-state index in [9.17, 15) is 8.42 Å². The van der Waals surface area contributed by atoms with Gasteiger partial charge >= 0.3 is 0 Å². The molecule has 1 aromatic heterocycles. The van der Waals surface area contributed by atoms with Crippen LogP contribution in [0.25, 0.3) is 33.3 Å². The van der Waals surface area contributed by atoms with E-state index in [0.29, 0.717) is 36.8 Å². The number of benzene rings is 3. The van der Waals surface area contributed by atoms with Gasteiger partial charge in [0.15, 0.2) is 17.2 Å². The highest BCUT2D eigenvalue weighted by molar-refractivity contribution is 7.88. The van der Waals surface area contributed by atoms with Crippen LogP contribution in [0.3, 0.4) is 0 Å². The van der Waals surface area contributed by atoms with E-state index in [0.717, 1.165) is 39.3 Å². The van der Waals surface area contributed by atoms with E-state index in [-0.39, 0.29) is 0 Å². The molecule has 0 amide bonds. The largest absolute Gasteiger partial charge is 0.453 e. The van der Waals surface area contributed by atoms with Crippen LogP contribution < -0.4 is 15.0 Å². The summed E-state index contributed by atoms with van der Waals surface area (Å²) < 4.78 is 31.7. The SMILES string of the molecule is CCN(CCNS(C)(=O)=O)c1ccc2nc3c4ccccc4c(=Nc4cnccn4)cc-3oc2c1. The Morgan fingerprint density at radius 3 is 2.66 bits per heavy atom. The van der Waals surface area contributed by atoms with Crippen LogP contribution in [0.4, 0.5) is 11.5 Å². The first kappa shape index (κ1) is 22.9. The lowest BCUT2D eigenvalue weighted by molar-refractivity contribution is 0.587. The molecule has 5 rings (SSSR count). The van der Waals surface area contributed by atoms with Crippen molar-refractivity contribution in [3.63, 3.8) is 0 Å². The number of rotatable bonds is 7. The number of fused-ring (bicyclic) bond motifs is 4. The Hall–Kier alpha value is -3.89. The van der Waals surface area contributed by atoms with Gasteiger partial charge in [0.05, 0.1) is 17.8 Å². The van der Waals surface area contributed by atoms with Gasteiger partial charge < -0.3 is 9.32 Å². The summed E-state index contributed by atoms with van der Waals surface area (Å²) in [5.41, 5.74) is 3.04. The first-order chi connectivity index (χ1) is 16.9. The minimum Gasteiger partial charge on any atom is -0.453 e. The van der Waals surface area contributed by atoms with Gasteiger partial charge in [0.1, 0.15) is 11.2 Å². The molecule has 0 unspecified atom stereocenters. The van der Waals surface area contributed by atoms with E-state index in [4.69, 9.17) is 9.40 Å². The average molecular weight is 489 g/mol. The molecule has 2 heterocycles. The van der Waals surface area contributed by atoms with Crippen LogP contribution in [0.15, 0.2) is 76.5 Å². The summed E-state index contributed by atoms with van der Waals surface area (Å²) in [5, 5.41) is 2.60. The molecular formula is C25H24N6O3S. The maximum Gasteiger partial charge on any atom is 0.208 e. The molecule has 0 radical (unpaired) electrons. The van der Waals surface area contributed by atoms with Crippen LogP contribution in [0.1, 0.15) is 6.92 Å². The van der Waals surface area contributed by atoms with Gasteiger partial charge in [-0.3, -0.25) is 4.98 Å². The molecule has 1 aliphatic heterocycles. The molecule has 0 bridgehead atoms. The summed E-state index contributed by atoms with van der Waals surface area (Å²) in [6.45, 7) is 3.58. The lowest BCUT2D eigenvalue weighted by Gasteiger charge is -2.23. The van der Waals surface area contributed by atoms with Crippen LogP contribution in [0.5, 0.6) is 0 Å². The first-order valence-corrected chi connectivity index (χ1v) is 13.1. The minimum absolute atomic E-state index is 0.317. The number of aromatic nitrogens is 3. The number of likely N-dealkylation sites (N-methyl/N-ethyl adjacent to an activating group) is 1. The van der Waals surface area contributed by atoms with E-state index in [1.54, 1.807) is 18.6 Å². The zero-order valence-electron chi connectivity index (χ0n) is 19.3. The van der Waals surface area contributed by atoms with Gasteiger partial charge in [-0.2, -0.15) is 0 Å². The monoisotopic (exact) mass is 488 g/mol. The van der Waals surface area contributed by atoms with Crippen molar-refractivity contribution in [2.45, 2.75) is 6.92 Å². The Labute approximate surface area is 202 Å². The number of nitrogens with zero attached hydrogens (tertiary/aromatic N) is 5. The fourth-order valence-electron chi connectivity index (χ4n) is 4.02. The zero-order valence-corrected chi connectivity index (χ0v) is 20.2. The summed E-state index contributed by atoms with van der Waals surface area (Å²) >= 11 is 0. The predicted octanol–water partition coefficient (Wildman–Crippen LogP) is 3.48. The maximum absolute atomic E-state index is 11.4. The fraction of sp³-hybridized carbons (Fsp3) is 0.200. The normalized spacial score (nSPS) is 12.6. The molecule has 10 heteroatoms. The maximum atomic E-state index is 11.4. The Bertz CT molecular complexity index is 1650. The van der Waals surface area contributed by atoms with Gasteiger partial charge in [-0.05, 0) is 19.1 Å². The molecule has 178 valence electrons. The van der Waals surface area contributed by atoms with Crippen LogP contribution in [0, 0.1) is 0 Å². The van der Waals surface area contributed by atoms with E-state index in [1.165, 1.54) is 0 Å². The molecule has 1 N–H and O–H groups in total. The minimum atomic E-state index is -3.24. The van der Waals surface area contributed by atoms with Crippen molar-refractivity contribution in [3.05, 3.63) is 72.5 Å². The second-order valence-corrected chi connectivity index (χ2v) is 9.91. The van der Waals surface area contributed by atoms with E-state index in [2.05, 4.69) is 24.6 Å². The molecule has 2 aliphatic rings. The number of nitrogens with one attached hydrogen (secondary N) is 1. The lowest BCUT2D eigenvalue weighted by Crippen LogP contribution is -2.34. The topological polar surface area (TPSA) is 114 Å². The summed E-state index contributed by atoms with van der Waals surface area (Å²) in [6.07, 6.45) is 5.98. The molecular weight excluding hydrogens is 464 g/mol. The van der Waals surface area contributed by atoms with Gasteiger partial charge in [-0.25, -0.2) is 28.1 Å². The Morgan fingerprint density at radius 2 is 1.91 bits per heavy atom. The molecule has 35 heavy (non-hydrogen) atoms. The van der Waals surface area contributed by atoms with Crippen molar-refractivity contribution in [2.24, 2.45) is 4.99 Å². The highest BCUT2D eigenvalue weighted by atomic mass is 32.2. The van der Waals surface area contributed by atoms with Crippen LogP contribution in [-0.2, 0) is 10.0 Å². The van der Waals surface area contributed by atoms with Crippen molar-refractivity contribution < 1.29 is 12.8 Å². The van der Waals surface area contributed by atoms with Gasteiger partial charge in [0.25, 0.3) is 0 Å². The molecule has 0 atom stereocenters. The molecule has 0 fully saturated rings. The molecule has 0 spiro atoms. The van der Waals surface area contributed by atoms with Crippen molar-refractivity contribution in [1.82, 2.24) is 19.7 Å².